The predicted molar refractivity (Wildman–Crippen MR) is 82.8 cm³/mol. The maximum absolute atomic E-state index is 6.05. The third kappa shape index (κ3) is 2.85. The van der Waals surface area contributed by atoms with E-state index in [0.29, 0.717) is 18.0 Å². The summed E-state index contributed by atoms with van der Waals surface area (Å²) in [5.74, 6) is 0. The van der Waals surface area contributed by atoms with Gasteiger partial charge in [-0.15, -0.1) is 11.3 Å². The Kier molecular flexibility index (Phi) is 4.18. The van der Waals surface area contributed by atoms with Crippen LogP contribution in [-0.4, -0.2) is 24.5 Å². The van der Waals surface area contributed by atoms with Crippen LogP contribution < -0.4 is 5.73 Å². The van der Waals surface area contributed by atoms with Crippen molar-refractivity contribution in [3.63, 3.8) is 0 Å². The lowest BCUT2D eigenvalue weighted by molar-refractivity contribution is 0.0791. The molecule has 3 rings (SSSR count). The van der Waals surface area contributed by atoms with Crippen LogP contribution in [0.1, 0.15) is 49.4 Å². The highest BCUT2D eigenvalue weighted by Gasteiger charge is 2.38. The highest BCUT2D eigenvalue weighted by atomic mass is 35.5. The van der Waals surface area contributed by atoms with Crippen LogP contribution in [0.5, 0.6) is 0 Å². The summed E-state index contributed by atoms with van der Waals surface area (Å²) in [6, 6.07) is 2.46. The molecule has 2 nitrogen and oxygen atoms in total. The maximum atomic E-state index is 6.05. The van der Waals surface area contributed by atoms with Gasteiger partial charge in [0.15, 0.2) is 0 Å². The summed E-state index contributed by atoms with van der Waals surface area (Å²) in [5.41, 5.74) is 6.70. The van der Waals surface area contributed by atoms with E-state index in [1.807, 2.05) is 5.38 Å². The molecule has 1 saturated heterocycles. The smallest absolute Gasteiger partial charge is 0.0564 e. The molecule has 2 aliphatic rings. The largest absolute Gasteiger partial charge is 0.329 e. The SMILES string of the molecule is NCC(c1cc(Cl)cs1)N1CCC2(CCCC2)CC1. The van der Waals surface area contributed by atoms with Crippen LogP contribution in [0.4, 0.5) is 0 Å². The zero-order valence-electron chi connectivity index (χ0n) is 11.4. The van der Waals surface area contributed by atoms with Gasteiger partial charge in [-0.3, -0.25) is 4.90 Å². The monoisotopic (exact) mass is 298 g/mol. The van der Waals surface area contributed by atoms with E-state index in [2.05, 4.69) is 11.0 Å². The minimum atomic E-state index is 0.372. The average molecular weight is 299 g/mol. The van der Waals surface area contributed by atoms with E-state index in [0.717, 1.165) is 5.02 Å². The van der Waals surface area contributed by atoms with Crippen molar-refractivity contribution in [1.82, 2.24) is 4.90 Å². The minimum Gasteiger partial charge on any atom is -0.329 e. The molecule has 1 unspecified atom stereocenters. The number of nitrogens with zero attached hydrogens (tertiary/aromatic N) is 1. The van der Waals surface area contributed by atoms with E-state index >= 15 is 0 Å². The van der Waals surface area contributed by atoms with Gasteiger partial charge in [0.2, 0.25) is 0 Å². The Bertz CT molecular complexity index is 416. The molecular weight excluding hydrogens is 276 g/mol. The molecule has 0 amide bonds. The van der Waals surface area contributed by atoms with Crippen molar-refractivity contribution in [2.75, 3.05) is 19.6 Å². The van der Waals surface area contributed by atoms with E-state index in [9.17, 15) is 0 Å². The number of rotatable bonds is 3. The highest BCUT2D eigenvalue weighted by molar-refractivity contribution is 7.10. The van der Waals surface area contributed by atoms with Crippen molar-refractivity contribution in [3.05, 3.63) is 21.3 Å². The molecule has 1 spiro atoms. The first-order valence-corrected chi connectivity index (χ1v) is 8.66. The second kappa shape index (κ2) is 5.72. The Morgan fingerprint density at radius 1 is 1.26 bits per heavy atom. The van der Waals surface area contributed by atoms with Crippen molar-refractivity contribution in [1.29, 1.82) is 0 Å². The first-order valence-electron chi connectivity index (χ1n) is 7.40. The van der Waals surface area contributed by atoms with Gasteiger partial charge in [0, 0.05) is 16.8 Å². The molecule has 1 aliphatic carbocycles. The summed E-state index contributed by atoms with van der Waals surface area (Å²) in [6.07, 6.45) is 8.53. The Balaban J connectivity index is 1.66. The summed E-state index contributed by atoms with van der Waals surface area (Å²) in [7, 11) is 0. The standard InChI is InChI=1S/C15H23ClN2S/c16-12-9-14(19-11-12)13(10-17)18-7-5-15(6-8-18)3-1-2-4-15/h9,11,13H,1-8,10,17H2. The zero-order chi connectivity index (χ0) is 13.3. The second-order valence-electron chi connectivity index (χ2n) is 6.16. The van der Waals surface area contributed by atoms with Crippen LogP contribution in [0, 0.1) is 5.41 Å². The molecule has 0 aromatic carbocycles. The third-order valence-corrected chi connectivity index (χ3v) is 6.48. The first kappa shape index (κ1) is 13.9. The van der Waals surface area contributed by atoms with Crippen molar-refractivity contribution in [3.8, 4) is 0 Å². The number of hydrogen-bond donors (Lipinski definition) is 1. The molecule has 4 heteroatoms. The number of hydrogen-bond acceptors (Lipinski definition) is 3. The molecule has 2 fully saturated rings. The van der Waals surface area contributed by atoms with E-state index in [1.54, 1.807) is 11.3 Å². The lowest BCUT2D eigenvalue weighted by atomic mass is 9.77. The molecule has 1 aromatic rings. The van der Waals surface area contributed by atoms with Gasteiger partial charge >= 0.3 is 0 Å². The van der Waals surface area contributed by atoms with Crippen molar-refractivity contribution in [2.24, 2.45) is 11.1 Å². The van der Waals surface area contributed by atoms with Gasteiger partial charge in [0.05, 0.1) is 11.1 Å². The van der Waals surface area contributed by atoms with Crippen LogP contribution in [0.2, 0.25) is 5.02 Å². The van der Waals surface area contributed by atoms with Crippen LogP contribution >= 0.6 is 22.9 Å². The van der Waals surface area contributed by atoms with Gasteiger partial charge in [-0.05, 0) is 50.3 Å². The number of halogens is 1. The van der Waals surface area contributed by atoms with Crippen LogP contribution in [0.3, 0.4) is 0 Å². The number of nitrogens with two attached hydrogens (primary N) is 1. The summed E-state index contributed by atoms with van der Waals surface area (Å²) in [5, 5.41) is 2.87. The molecule has 1 atom stereocenters. The number of likely N-dealkylation sites (tertiary alicyclic amines) is 1. The van der Waals surface area contributed by atoms with E-state index in [4.69, 9.17) is 17.3 Å². The van der Waals surface area contributed by atoms with Crippen LogP contribution in [0.15, 0.2) is 11.4 Å². The minimum absolute atomic E-state index is 0.372. The highest BCUT2D eigenvalue weighted by Crippen LogP contribution is 2.47. The van der Waals surface area contributed by atoms with Gasteiger partial charge in [-0.25, -0.2) is 0 Å². The van der Waals surface area contributed by atoms with Crippen LogP contribution in [-0.2, 0) is 0 Å². The Morgan fingerprint density at radius 3 is 2.47 bits per heavy atom. The summed E-state index contributed by atoms with van der Waals surface area (Å²) < 4.78 is 0. The van der Waals surface area contributed by atoms with Gasteiger partial charge in [0.25, 0.3) is 0 Å². The quantitative estimate of drug-likeness (QED) is 0.912. The predicted octanol–water partition coefficient (Wildman–Crippen LogP) is 4.06. The van der Waals surface area contributed by atoms with Crippen molar-refractivity contribution >= 4 is 22.9 Å². The molecule has 0 bridgehead atoms. The molecule has 2 N–H and O–H groups in total. The molecule has 1 aliphatic heterocycles. The third-order valence-electron chi connectivity index (χ3n) is 5.10. The number of piperidine rings is 1. The Morgan fingerprint density at radius 2 is 1.95 bits per heavy atom. The first-order chi connectivity index (χ1) is 9.22. The fourth-order valence-corrected chi connectivity index (χ4v) is 5.11. The molecule has 106 valence electrons. The fraction of sp³-hybridized carbons (Fsp3) is 0.733. The molecule has 1 saturated carbocycles. The van der Waals surface area contributed by atoms with Crippen molar-refractivity contribution in [2.45, 2.75) is 44.6 Å². The van der Waals surface area contributed by atoms with E-state index in [1.165, 1.54) is 56.5 Å². The summed E-state index contributed by atoms with van der Waals surface area (Å²) in [6.45, 7) is 3.11. The maximum Gasteiger partial charge on any atom is 0.0564 e. The Labute approximate surface area is 124 Å². The second-order valence-corrected chi connectivity index (χ2v) is 7.54. The molecular formula is C15H23ClN2S. The van der Waals surface area contributed by atoms with Gasteiger partial charge in [0.1, 0.15) is 0 Å². The number of thiophene rings is 1. The van der Waals surface area contributed by atoms with Gasteiger partial charge in [-0.1, -0.05) is 24.4 Å². The molecule has 0 radical (unpaired) electrons. The van der Waals surface area contributed by atoms with Crippen molar-refractivity contribution < 1.29 is 0 Å². The Hall–Kier alpha value is -0.0900. The lowest BCUT2D eigenvalue weighted by Gasteiger charge is -2.42. The normalized spacial score (nSPS) is 24.9. The van der Waals surface area contributed by atoms with Gasteiger partial charge in [-0.2, -0.15) is 0 Å². The lowest BCUT2D eigenvalue weighted by Crippen LogP contribution is -2.42. The van der Waals surface area contributed by atoms with E-state index in [-0.39, 0.29) is 0 Å². The van der Waals surface area contributed by atoms with Crippen LogP contribution in [0.25, 0.3) is 0 Å². The topological polar surface area (TPSA) is 29.3 Å². The summed E-state index contributed by atoms with van der Waals surface area (Å²) >= 11 is 7.80. The van der Waals surface area contributed by atoms with E-state index < -0.39 is 0 Å². The molecule has 19 heavy (non-hydrogen) atoms. The van der Waals surface area contributed by atoms with Gasteiger partial charge < -0.3 is 5.73 Å². The molecule has 1 aromatic heterocycles. The zero-order valence-corrected chi connectivity index (χ0v) is 13.0. The molecule has 2 heterocycles. The fourth-order valence-electron chi connectivity index (χ4n) is 3.88. The summed E-state index contributed by atoms with van der Waals surface area (Å²) in [4.78, 5) is 3.90. The average Bonchev–Trinajstić information content (AvgIpc) is 3.03.